The van der Waals surface area contributed by atoms with Crippen molar-refractivity contribution >= 4 is 5.78 Å². The van der Waals surface area contributed by atoms with Crippen LogP contribution in [0.25, 0.3) is 0 Å². The van der Waals surface area contributed by atoms with Gasteiger partial charge in [0, 0.05) is 32.2 Å². The molecule has 0 aromatic rings. The van der Waals surface area contributed by atoms with Gasteiger partial charge in [-0.15, -0.1) is 0 Å². The minimum atomic E-state index is -0.0357. The summed E-state index contributed by atoms with van der Waals surface area (Å²) < 4.78 is 11.3. The van der Waals surface area contributed by atoms with Gasteiger partial charge >= 0.3 is 0 Å². The van der Waals surface area contributed by atoms with Crippen LogP contribution in [0.3, 0.4) is 0 Å². The molecule has 0 bridgehead atoms. The van der Waals surface area contributed by atoms with E-state index in [2.05, 4.69) is 0 Å². The Morgan fingerprint density at radius 1 is 1.33 bits per heavy atom. The number of carbonyl (C=O) groups is 1. The van der Waals surface area contributed by atoms with Gasteiger partial charge in [0.15, 0.2) is 0 Å². The van der Waals surface area contributed by atoms with Gasteiger partial charge in [0.05, 0.1) is 5.60 Å². The number of rotatable bonds is 2. The molecule has 2 aliphatic heterocycles. The molecular formula is C12H20O3. The number of hydrogen-bond acceptors (Lipinski definition) is 3. The Morgan fingerprint density at radius 3 is 2.73 bits per heavy atom. The molecule has 0 aromatic carbocycles. The lowest BCUT2D eigenvalue weighted by Gasteiger charge is -2.42. The van der Waals surface area contributed by atoms with E-state index in [1.54, 1.807) is 0 Å². The van der Waals surface area contributed by atoms with Gasteiger partial charge in [0.25, 0.3) is 0 Å². The molecule has 3 heteroatoms. The van der Waals surface area contributed by atoms with Crippen molar-refractivity contribution in [3.05, 3.63) is 0 Å². The quantitative estimate of drug-likeness (QED) is 0.701. The number of hydrogen-bond donors (Lipinski definition) is 0. The maximum atomic E-state index is 11.7. The van der Waals surface area contributed by atoms with Crippen molar-refractivity contribution in [2.75, 3.05) is 19.8 Å². The van der Waals surface area contributed by atoms with Crippen molar-refractivity contribution in [2.24, 2.45) is 5.92 Å². The highest BCUT2D eigenvalue weighted by molar-refractivity contribution is 5.80. The molecular weight excluding hydrogens is 192 g/mol. The molecule has 2 rings (SSSR count). The van der Waals surface area contributed by atoms with E-state index in [9.17, 15) is 4.79 Å². The second-order valence-corrected chi connectivity index (χ2v) is 4.65. The van der Waals surface area contributed by atoms with Crippen LogP contribution >= 0.6 is 0 Å². The minimum Gasteiger partial charge on any atom is -0.381 e. The average molecular weight is 212 g/mol. The fraction of sp³-hybridized carbons (Fsp3) is 0.917. The van der Waals surface area contributed by atoms with Crippen LogP contribution < -0.4 is 0 Å². The first-order chi connectivity index (χ1) is 7.26. The zero-order valence-corrected chi connectivity index (χ0v) is 9.46. The molecule has 1 unspecified atom stereocenters. The van der Waals surface area contributed by atoms with E-state index in [-0.39, 0.29) is 11.5 Å². The summed E-state index contributed by atoms with van der Waals surface area (Å²) >= 11 is 0. The van der Waals surface area contributed by atoms with E-state index in [1.165, 1.54) is 0 Å². The molecule has 2 heterocycles. The summed E-state index contributed by atoms with van der Waals surface area (Å²) in [5, 5.41) is 0. The summed E-state index contributed by atoms with van der Waals surface area (Å²) in [6.45, 7) is 4.27. The van der Waals surface area contributed by atoms with Crippen LogP contribution in [-0.4, -0.2) is 31.2 Å². The van der Waals surface area contributed by atoms with Crippen LogP contribution in [0.4, 0.5) is 0 Å². The highest BCUT2D eigenvalue weighted by Gasteiger charge is 2.40. The third-order valence-electron chi connectivity index (χ3n) is 3.70. The molecule has 0 aliphatic carbocycles. The molecule has 86 valence electrons. The summed E-state index contributed by atoms with van der Waals surface area (Å²) in [6.07, 6.45) is 4.41. The number of Topliss-reactive ketones (excluding diaryl/α,β-unsaturated/α-hetero) is 1. The first-order valence-corrected chi connectivity index (χ1v) is 6.00. The molecule has 3 nitrogen and oxygen atoms in total. The van der Waals surface area contributed by atoms with Crippen molar-refractivity contribution in [3.63, 3.8) is 0 Å². The zero-order chi connectivity index (χ0) is 10.7. The lowest BCUT2D eigenvalue weighted by atomic mass is 9.79. The molecule has 2 fully saturated rings. The Hall–Kier alpha value is -0.410. The molecule has 15 heavy (non-hydrogen) atoms. The summed E-state index contributed by atoms with van der Waals surface area (Å²) in [5.41, 5.74) is -0.0357. The maximum absolute atomic E-state index is 11.7. The number of ketones is 1. The number of carbonyl (C=O) groups excluding carboxylic acids is 1. The van der Waals surface area contributed by atoms with Crippen LogP contribution in [0.5, 0.6) is 0 Å². The molecule has 2 aliphatic rings. The zero-order valence-electron chi connectivity index (χ0n) is 9.46. The van der Waals surface area contributed by atoms with Crippen LogP contribution in [0.15, 0.2) is 0 Å². The highest BCUT2D eigenvalue weighted by Crippen LogP contribution is 2.37. The van der Waals surface area contributed by atoms with Gasteiger partial charge in [-0.05, 0) is 25.7 Å². The smallest absolute Gasteiger partial charge is 0.135 e. The fourth-order valence-corrected chi connectivity index (χ4v) is 2.68. The third kappa shape index (κ3) is 2.40. The van der Waals surface area contributed by atoms with Gasteiger partial charge in [-0.2, -0.15) is 0 Å². The van der Waals surface area contributed by atoms with Gasteiger partial charge < -0.3 is 9.47 Å². The summed E-state index contributed by atoms with van der Waals surface area (Å²) in [6, 6.07) is 0. The molecule has 0 radical (unpaired) electrons. The monoisotopic (exact) mass is 212 g/mol. The Kier molecular flexibility index (Phi) is 3.42. The lowest BCUT2D eigenvalue weighted by molar-refractivity contribution is -0.156. The molecule has 2 saturated heterocycles. The van der Waals surface area contributed by atoms with E-state index in [1.807, 2.05) is 6.92 Å². The van der Waals surface area contributed by atoms with Crippen molar-refractivity contribution in [1.29, 1.82) is 0 Å². The van der Waals surface area contributed by atoms with Gasteiger partial charge in [-0.3, -0.25) is 4.79 Å². The first-order valence-electron chi connectivity index (χ1n) is 6.00. The number of ether oxygens (including phenoxy) is 2. The highest BCUT2D eigenvalue weighted by atomic mass is 16.5. The second kappa shape index (κ2) is 4.62. The van der Waals surface area contributed by atoms with E-state index < -0.39 is 0 Å². The standard InChI is InChI=1S/C12H20O3/c1-2-11(13)10-3-6-15-12(9-10)4-7-14-8-5-12/h10H,2-9H2,1H3. The van der Waals surface area contributed by atoms with Gasteiger partial charge in [0.2, 0.25) is 0 Å². The SMILES string of the molecule is CCC(=O)C1CCOC2(CCOCC2)C1. The molecule has 0 saturated carbocycles. The van der Waals surface area contributed by atoms with Crippen LogP contribution in [0.2, 0.25) is 0 Å². The topological polar surface area (TPSA) is 35.5 Å². The first kappa shape index (κ1) is 11.1. The van der Waals surface area contributed by atoms with E-state index in [0.717, 1.165) is 45.5 Å². The molecule has 0 amide bonds. The van der Waals surface area contributed by atoms with Crippen LogP contribution in [-0.2, 0) is 14.3 Å². The molecule has 1 spiro atoms. The predicted molar refractivity (Wildman–Crippen MR) is 56.8 cm³/mol. The van der Waals surface area contributed by atoms with E-state index in [4.69, 9.17) is 9.47 Å². The van der Waals surface area contributed by atoms with Crippen molar-refractivity contribution in [2.45, 2.75) is 44.6 Å². The third-order valence-corrected chi connectivity index (χ3v) is 3.70. The molecule has 0 N–H and O–H groups in total. The largest absolute Gasteiger partial charge is 0.381 e. The Balaban J connectivity index is 1.99. The Labute approximate surface area is 91.1 Å². The van der Waals surface area contributed by atoms with E-state index >= 15 is 0 Å². The van der Waals surface area contributed by atoms with Gasteiger partial charge in [0.1, 0.15) is 5.78 Å². The second-order valence-electron chi connectivity index (χ2n) is 4.65. The minimum absolute atomic E-state index is 0.0357. The fourth-order valence-electron chi connectivity index (χ4n) is 2.68. The molecule has 1 atom stereocenters. The Bertz CT molecular complexity index is 226. The van der Waals surface area contributed by atoms with E-state index in [0.29, 0.717) is 12.2 Å². The Morgan fingerprint density at radius 2 is 2.07 bits per heavy atom. The normalized spacial score (nSPS) is 30.3. The molecule has 0 aromatic heterocycles. The summed E-state index contributed by atoms with van der Waals surface area (Å²) in [7, 11) is 0. The van der Waals surface area contributed by atoms with Crippen molar-refractivity contribution in [3.8, 4) is 0 Å². The van der Waals surface area contributed by atoms with Crippen LogP contribution in [0, 0.1) is 5.92 Å². The van der Waals surface area contributed by atoms with Crippen molar-refractivity contribution < 1.29 is 14.3 Å². The van der Waals surface area contributed by atoms with Gasteiger partial charge in [-0.1, -0.05) is 6.92 Å². The van der Waals surface area contributed by atoms with Crippen molar-refractivity contribution in [1.82, 2.24) is 0 Å². The lowest BCUT2D eigenvalue weighted by Crippen LogP contribution is -2.45. The van der Waals surface area contributed by atoms with Gasteiger partial charge in [-0.25, -0.2) is 0 Å². The maximum Gasteiger partial charge on any atom is 0.135 e. The summed E-state index contributed by atoms with van der Waals surface area (Å²) in [4.78, 5) is 11.7. The average Bonchev–Trinajstić information content (AvgIpc) is 2.29. The summed E-state index contributed by atoms with van der Waals surface area (Å²) in [5.74, 6) is 0.644. The van der Waals surface area contributed by atoms with Crippen LogP contribution in [0.1, 0.15) is 39.0 Å². The predicted octanol–water partition coefficient (Wildman–Crippen LogP) is 1.94.